The van der Waals surface area contributed by atoms with Gasteiger partial charge >= 0.3 is 0 Å². The summed E-state index contributed by atoms with van der Waals surface area (Å²) in [7, 11) is 0. The summed E-state index contributed by atoms with van der Waals surface area (Å²) < 4.78 is 0. The molecule has 0 amide bonds. The Bertz CT molecular complexity index is 1620. The zero-order valence-corrected chi connectivity index (χ0v) is 20.5. The highest BCUT2D eigenvalue weighted by atomic mass is 14.2. The average Bonchev–Trinajstić information content (AvgIpc) is 2.86. The van der Waals surface area contributed by atoms with Crippen LogP contribution in [0.1, 0.15) is 16.7 Å². The summed E-state index contributed by atoms with van der Waals surface area (Å²) in [5, 5.41) is 5.13. The van der Waals surface area contributed by atoms with Crippen molar-refractivity contribution in [2.75, 3.05) is 0 Å². The van der Waals surface area contributed by atoms with E-state index in [2.05, 4.69) is 136 Å². The number of benzene rings is 6. The van der Waals surface area contributed by atoms with Gasteiger partial charge in [-0.1, -0.05) is 114 Å². The molecule has 0 aliphatic carbocycles. The molecule has 6 aromatic rings. The van der Waals surface area contributed by atoms with Gasteiger partial charge in [0.2, 0.25) is 0 Å². The van der Waals surface area contributed by atoms with Crippen molar-refractivity contribution < 1.29 is 0 Å². The van der Waals surface area contributed by atoms with Gasteiger partial charge in [-0.3, -0.25) is 0 Å². The van der Waals surface area contributed by atoms with E-state index in [1.165, 1.54) is 71.6 Å². The van der Waals surface area contributed by atoms with Crippen LogP contribution in [-0.2, 0) is 0 Å². The van der Waals surface area contributed by atoms with E-state index in [9.17, 15) is 0 Å². The van der Waals surface area contributed by atoms with Crippen LogP contribution >= 0.6 is 0 Å². The highest BCUT2D eigenvalue weighted by Gasteiger charge is 2.13. The summed E-state index contributed by atoms with van der Waals surface area (Å²) in [4.78, 5) is 0. The molecule has 0 aliphatic heterocycles. The molecule has 0 fully saturated rings. The van der Waals surface area contributed by atoms with E-state index >= 15 is 0 Å². The van der Waals surface area contributed by atoms with Gasteiger partial charge < -0.3 is 0 Å². The SMILES string of the molecule is Cc1cccc(-c2ccc3c(-c4cccc(C)c4)c4ccc(-c5cccc(C)c5)cc4cc3c2)c1. The molecule has 0 heteroatoms. The standard InChI is InChI=1S/C35H28/c1-23-7-4-10-26(17-23)28-13-15-33-31(20-28)22-32-21-29(27-11-5-8-24(2)18-27)14-16-34(32)35(33)30-12-6-9-25(3)19-30/h4-22H,1-3H3. The van der Waals surface area contributed by atoms with Crippen molar-refractivity contribution in [3.05, 3.63) is 132 Å². The third kappa shape index (κ3) is 4.02. The minimum atomic E-state index is 1.26. The van der Waals surface area contributed by atoms with E-state index in [-0.39, 0.29) is 0 Å². The quantitative estimate of drug-likeness (QED) is 0.236. The molecule has 0 atom stereocenters. The first-order chi connectivity index (χ1) is 17.0. The third-order valence-electron chi connectivity index (χ3n) is 6.96. The Morgan fingerprint density at radius 2 is 0.743 bits per heavy atom. The Morgan fingerprint density at radius 1 is 0.343 bits per heavy atom. The molecule has 0 nitrogen and oxygen atoms in total. The van der Waals surface area contributed by atoms with Crippen LogP contribution in [0.25, 0.3) is 54.9 Å². The maximum absolute atomic E-state index is 2.36. The van der Waals surface area contributed by atoms with Gasteiger partial charge in [-0.15, -0.1) is 0 Å². The zero-order valence-electron chi connectivity index (χ0n) is 20.5. The Labute approximate surface area is 207 Å². The largest absolute Gasteiger partial charge is 0.0614 e. The van der Waals surface area contributed by atoms with Gasteiger partial charge in [0, 0.05) is 0 Å². The van der Waals surface area contributed by atoms with Crippen LogP contribution < -0.4 is 0 Å². The maximum atomic E-state index is 2.36. The lowest BCUT2D eigenvalue weighted by Gasteiger charge is -2.15. The van der Waals surface area contributed by atoms with Crippen molar-refractivity contribution in [1.82, 2.24) is 0 Å². The fourth-order valence-corrected chi connectivity index (χ4v) is 5.25. The molecule has 168 valence electrons. The Hall–Kier alpha value is -4.16. The van der Waals surface area contributed by atoms with Crippen molar-refractivity contribution >= 4 is 21.5 Å². The van der Waals surface area contributed by atoms with Crippen molar-refractivity contribution in [1.29, 1.82) is 0 Å². The minimum Gasteiger partial charge on any atom is -0.0614 e. The van der Waals surface area contributed by atoms with Gasteiger partial charge in [-0.2, -0.15) is 0 Å². The van der Waals surface area contributed by atoms with Gasteiger partial charge in [-0.25, -0.2) is 0 Å². The first-order valence-corrected chi connectivity index (χ1v) is 12.3. The van der Waals surface area contributed by atoms with E-state index < -0.39 is 0 Å². The second-order valence-electron chi connectivity index (χ2n) is 9.73. The summed E-state index contributed by atoms with van der Waals surface area (Å²) in [6.07, 6.45) is 0. The van der Waals surface area contributed by atoms with Gasteiger partial charge in [-0.05, 0) is 93.9 Å². The Kier molecular flexibility index (Phi) is 5.23. The topological polar surface area (TPSA) is 0 Å². The van der Waals surface area contributed by atoms with Crippen LogP contribution in [0.4, 0.5) is 0 Å². The monoisotopic (exact) mass is 448 g/mol. The second kappa shape index (κ2) is 8.56. The van der Waals surface area contributed by atoms with Crippen LogP contribution in [0, 0.1) is 20.8 Å². The lowest BCUT2D eigenvalue weighted by molar-refractivity contribution is 1.47. The predicted octanol–water partition coefficient (Wildman–Crippen LogP) is 9.92. The van der Waals surface area contributed by atoms with E-state index in [1.54, 1.807) is 0 Å². The first-order valence-electron chi connectivity index (χ1n) is 12.3. The summed E-state index contributed by atoms with van der Waals surface area (Å²) >= 11 is 0. The molecule has 0 unspecified atom stereocenters. The second-order valence-corrected chi connectivity index (χ2v) is 9.73. The summed E-state index contributed by atoms with van der Waals surface area (Å²) in [6, 6.07) is 42.6. The Balaban J connectivity index is 1.64. The molecular weight excluding hydrogens is 420 g/mol. The highest BCUT2D eigenvalue weighted by Crippen LogP contribution is 2.39. The lowest BCUT2D eigenvalue weighted by atomic mass is 9.88. The summed E-state index contributed by atoms with van der Waals surface area (Å²) in [6.45, 7) is 6.48. The molecule has 0 saturated heterocycles. The van der Waals surface area contributed by atoms with Crippen molar-refractivity contribution in [3.8, 4) is 33.4 Å². The predicted molar refractivity (Wildman–Crippen MR) is 152 cm³/mol. The molecule has 0 bridgehead atoms. The summed E-state index contributed by atoms with van der Waals surface area (Å²) in [5.41, 5.74) is 11.5. The van der Waals surface area contributed by atoms with Gasteiger partial charge in [0.1, 0.15) is 0 Å². The summed E-state index contributed by atoms with van der Waals surface area (Å²) in [5.74, 6) is 0. The van der Waals surface area contributed by atoms with E-state index in [4.69, 9.17) is 0 Å². The van der Waals surface area contributed by atoms with Crippen molar-refractivity contribution in [3.63, 3.8) is 0 Å². The van der Waals surface area contributed by atoms with E-state index in [0.29, 0.717) is 0 Å². The normalized spacial score (nSPS) is 11.3. The van der Waals surface area contributed by atoms with Crippen LogP contribution in [-0.4, -0.2) is 0 Å². The van der Waals surface area contributed by atoms with Crippen molar-refractivity contribution in [2.24, 2.45) is 0 Å². The third-order valence-corrected chi connectivity index (χ3v) is 6.96. The molecule has 0 N–H and O–H groups in total. The number of hydrogen-bond acceptors (Lipinski definition) is 0. The molecule has 6 rings (SSSR count). The van der Waals surface area contributed by atoms with Crippen LogP contribution in [0.3, 0.4) is 0 Å². The number of aryl methyl sites for hydroxylation is 3. The fraction of sp³-hybridized carbons (Fsp3) is 0.0857. The Morgan fingerprint density at radius 3 is 1.20 bits per heavy atom. The van der Waals surface area contributed by atoms with Crippen LogP contribution in [0.2, 0.25) is 0 Å². The van der Waals surface area contributed by atoms with E-state index in [0.717, 1.165) is 0 Å². The number of rotatable bonds is 3. The minimum absolute atomic E-state index is 1.26. The maximum Gasteiger partial charge on any atom is -0.00267 e. The van der Waals surface area contributed by atoms with E-state index in [1.807, 2.05) is 0 Å². The molecule has 0 saturated carbocycles. The molecular formula is C35H28. The van der Waals surface area contributed by atoms with Gasteiger partial charge in [0.15, 0.2) is 0 Å². The van der Waals surface area contributed by atoms with Gasteiger partial charge in [0.25, 0.3) is 0 Å². The average molecular weight is 449 g/mol. The fourth-order valence-electron chi connectivity index (χ4n) is 5.25. The lowest BCUT2D eigenvalue weighted by Crippen LogP contribution is -1.89. The molecule has 6 aromatic carbocycles. The van der Waals surface area contributed by atoms with Gasteiger partial charge in [0.05, 0.1) is 0 Å². The number of hydrogen-bond donors (Lipinski definition) is 0. The molecule has 35 heavy (non-hydrogen) atoms. The molecule has 0 aromatic heterocycles. The molecule has 0 aliphatic rings. The number of fused-ring (bicyclic) bond motifs is 2. The molecule has 0 radical (unpaired) electrons. The van der Waals surface area contributed by atoms with Crippen LogP contribution in [0.5, 0.6) is 0 Å². The van der Waals surface area contributed by atoms with Crippen molar-refractivity contribution in [2.45, 2.75) is 20.8 Å². The zero-order chi connectivity index (χ0) is 23.9. The van der Waals surface area contributed by atoms with Crippen LogP contribution in [0.15, 0.2) is 115 Å². The molecule has 0 spiro atoms. The molecule has 0 heterocycles. The highest BCUT2D eigenvalue weighted by molar-refractivity contribution is 6.14. The smallest absolute Gasteiger partial charge is 0.00267 e. The first kappa shape index (κ1) is 21.4.